The van der Waals surface area contributed by atoms with Gasteiger partial charge in [0.1, 0.15) is 6.10 Å². The molecule has 0 unspecified atom stereocenters. The quantitative estimate of drug-likeness (QED) is 0.938. The lowest BCUT2D eigenvalue weighted by molar-refractivity contribution is -0.0114. The van der Waals surface area contributed by atoms with Crippen LogP contribution in [-0.2, 0) is 11.2 Å². The van der Waals surface area contributed by atoms with Crippen LogP contribution in [0, 0.1) is 6.92 Å². The van der Waals surface area contributed by atoms with Gasteiger partial charge < -0.3 is 14.6 Å². The molecule has 3 rings (SSSR count). The second-order valence-corrected chi connectivity index (χ2v) is 5.56. The van der Waals surface area contributed by atoms with Crippen LogP contribution in [0.25, 0.3) is 0 Å². The van der Waals surface area contributed by atoms with E-state index >= 15 is 0 Å². The zero-order chi connectivity index (χ0) is 13.9. The second kappa shape index (κ2) is 7.27. The largest absolute Gasteiger partial charge is 0.367 e. The summed E-state index contributed by atoms with van der Waals surface area (Å²) in [4.78, 5) is 0. The number of hydrogen-bond acceptors (Lipinski definition) is 4. The molecule has 2 aromatic rings. The van der Waals surface area contributed by atoms with E-state index in [2.05, 4.69) is 22.6 Å². The van der Waals surface area contributed by atoms with Gasteiger partial charge in [-0.15, -0.1) is 12.4 Å². The van der Waals surface area contributed by atoms with Gasteiger partial charge in [-0.1, -0.05) is 28.9 Å². The number of rotatable bonds is 3. The van der Waals surface area contributed by atoms with Crippen molar-refractivity contribution < 1.29 is 9.26 Å². The van der Waals surface area contributed by atoms with Gasteiger partial charge in [0.15, 0.2) is 5.76 Å². The summed E-state index contributed by atoms with van der Waals surface area (Å²) >= 11 is 5.89. The molecule has 114 valence electrons. The summed E-state index contributed by atoms with van der Waals surface area (Å²) in [7, 11) is 0. The highest BCUT2D eigenvalue weighted by atomic mass is 35.5. The number of nitrogens with one attached hydrogen (secondary N) is 1. The van der Waals surface area contributed by atoms with E-state index in [0.29, 0.717) is 12.6 Å². The van der Waals surface area contributed by atoms with Crippen molar-refractivity contribution in [3.05, 3.63) is 52.4 Å². The maximum Gasteiger partial charge on any atom is 0.167 e. The average Bonchev–Trinajstić information content (AvgIpc) is 2.89. The molecular weight excluding hydrogens is 311 g/mol. The Morgan fingerprint density at radius 3 is 2.67 bits per heavy atom. The summed E-state index contributed by atoms with van der Waals surface area (Å²) in [5.41, 5.74) is 2.14. The summed E-state index contributed by atoms with van der Waals surface area (Å²) in [6.07, 6.45) is 0.886. The van der Waals surface area contributed by atoms with E-state index in [-0.39, 0.29) is 18.5 Å². The molecule has 0 amide bonds. The molecule has 2 atom stereocenters. The van der Waals surface area contributed by atoms with Crippen LogP contribution in [-0.4, -0.2) is 24.4 Å². The predicted octanol–water partition coefficient (Wildman–Crippen LogP) is 3.33. The Labute approximate surface area is 135 Å². The van der Waals surface area contributed by atoms with Crippen molar-refractivity contribution in [1.82, 2.24) is 10.5 Å². The minimum atomic E-state index is -0.0438. The van der Waals surface area contributed by atoms with Gasteiger partial charge in [-0.2, -0.15) is 0 Å². The van der Waals surface area contributed by atoms with Gasteiger partial charge in [0.25, 0.3) is 0 Å². The molecule has 1 N–H and O–H groups in total. The van der Waals surface area contributed by atoms with Crippen LogP contribution in [0.2, 0.25) is 5.02 Å². The molecule has 21 heavy (non-hydrogen) atoms. The van der Waals surface area contributed by atoms with E-state index in [9.17, 15) is 0 Å². The number of morpholine rings is 1. The van der Waals surface area contributed by atoms with Gasteiger partial charge in [-0.3, -0.25) is 0 Å². The van der Waals surface area contributed by atoms with Crippen molar-refractivity contribution >= 4 is 24.0 Å². The van der Waals surface area contributed by atoms with Crippen LogP contribution in [0.5, 0.6) is 0 Å². The maximum atomic E-state index is 5.89. The van der Waals surface area contributed by atoms with Crippen LogP contribution >= 0.6 is 24.0 Å². The van der Waals surface area contributed by atoms with Crippen molar-refractivity contribution in [2.24, 2.45) is 0 Å². The molecule has 1 fully saturated rings. The summed E-state index contributed by atoms with van der Waals surface area (Å²) in [6, 6.07) is 10.2. The molecular formula is C15H18Cl2N2O2. The standard InChI is InChI=1S/C15H17ClN2O2.ClH/c1-10-6-14(20-18-10)15-8-17-13(9-19-15)7-11-2-4-12(16)5-3-11;/h2-6,13,15,17H,7-9H2,1H3;1H/t13-,15+;/m0./s1. The number of ether oxygens (including phenoxy) is 1. The van der Waals surface area contributed by atoms with Gasteiger partial charge in [0.2, 0.25) is 0 Å². The fourth-order valence-corrected chi connectivity index (χ4v) is 2.50. The van der Waals surface area contributed by atoms with Gasteiger partial charge >= 0.3 is 0 Å². The topological polar surface area (TPSA) is 47.3 Å². The van der Waals surface area contributed by atoms with Crippen LogP contribution in [0.15, 0.2) is 34.9 Å². The maximum absolute atomic E-state index is 5.89. The van der Waals surface area contributed by atoms with E-state index in [4.69, 9.17) is 20.9 Å². The van der Waals surface area contributed by atoms with E-state index in [1.54, 1.807) is 0 Å². The monoisotopic (exact) mass is 328 g/mol. The Balaban J connectivity index is 0.00000161. The van der Waals surface area contributed by atoms with Gasteiger partial charge in [-0.25, -0.2) is 0 Å². The molecule has 1 aromatic carbocycles. The molecule has 6 heteroatoms. The molecule has 0 aliphatic carbocycles. The van der Waals surface area contributed by atoms with Crippen molar-refractivity contribution in [1.29, 1.82) is 0 Å². The normalized spacial score (nSPS) is 21.8. The first-order valence-corrected chi connectivity index (χ1v) is 7.11. The summed E-state index contributed by atoms with van der Waals surface area (Å²) in [5.74, 6) is 0.792. The Bertz CT molecular complexity index is 563. The lowest BCUT2D eigenvalue weighted by Crippen LogP contribution is -2.44. The summed E-state index contributed by atoms with van der Waals surface area (Å²) in [5, 5.41) is 8.15. The minimum absolute atomic E-state index is 0. The molecule has 4 nitrogen and oxygen atoms in total. The van der Waals surface area contributed by atoms with Crippen LogP contribution < -0.4 is 5.32 Å². The number of benzene rings is 1. The first-order chi connectivity index (χ1) is 9.70. The Morgan fingerprint density at radius 2 is 2.10 bits per heavy atom. The third-order valence-electron chi connectivity index (χ3n) is 3.45. The Hall–Kier alpha value is -1.07. The van der Waals surface area contributed by atoms with Crippen molar-refractivity contribution in [3.8, 4) is 0 Å². The van der Waals surface area contributed by atoms with Gasteiger partial charge in [-0.05, 0) is 31.0 Å². The number of hydrogen-bond donors (Lipinski definition) is 1. The first-order valence-electron chi connectivity index (χ1n) is 6.73. The number of aryl methyl sites for hydroxylation is 1. The smallest absolute Gasteiger partial charge is 0.167 e. The Morgan fingerprint density at radius 1 is 1.33 bits per heavy atom. The van der Waals surface area contributed by atoms with Crippen LogP contribution in [0.4, 0.5) is 0 Å². The molecule has 0 bridgehead atoms. The molecule has 0 spiro atoms. The van der Waals surface area contributed by atoms with E-state index in [1.165, 1.54) is 5.56 Å². The molecule has 1 aromatic heterocycles. The van der Waals surface area contributed by atoms with Crippen molar-refractivity contribution in [2.75, 3.05) is 13.2 Å². The fraction of sp³-hybridized carbons (Fsp3) is 0.400. The first kappa shape index (κ1) is 16.3. The van der Waals surface area contributed by atoms with Crippen molar-refractivity contribution in [2.45, 2.75) is 25.5 Å². The zero-order valence-corrected chi connectivity index (χ0v) is 13.3. The van der Waals surface area contributed by atoms with E-state index in [0.717, 1.165) is 29.4 Å². The van der Waals surface area contributed by atoms with E-state index in [1.807, 2.05) is 25.1 Å². The van der Waals surface area contributed by atoms with Gasteiger partial charge in [0, 0.05) is 23.7 Å². The Kier molecular flexibility index (Phi) is 5.65. The van der Waals surface area contributed by atoms with Gasteiger partial charge in [0.05, 0.1) is 12.3 Å². The highest BCUT2D eigenvalue weighted by Gasteiger charge is 2.25. The van der Waals surface area contributed by atoms with E-state index < -0.39 is 0 Å². The number of halogens is 2. The predicted molar refractivity (Wildman–Crippen MR) is 84.1 cm³/mol. The molecule has 0 radical (unpaired) electrons. The summed E-state index contributed by atoms with van der Waals surface area (Å²) < 4.78 is 11.1. The highest BCUT2D eigenvalue weighted by molar-refractivity contribution is 6.30. The minimum Gasteiger partial charge on any atom is -0.367 e. The third kappa shape index (κ3) is 4.20. The highest BCUT2D eigenvalue weighted by Crippen LogP contribution is 2.22. The number of aromatic nitrogens is 1. The average molecular weight is 329 g/mol. The third-order valence-corrected chi connectivity index (χ3v) is 3.70. The molecule has 1 aliphatic rings. The molecule has 2 heterocycles. The zero-order valence-electron chi connectivity index (χ0n) is 11.7. The number of nitrogens with zero attached hydrogens (tertiary/aromatic N) is 1. The molecule has 0 saturated carbocycles. The van der Waals surface area contributed by atoms with Crippen LogP contribution in [0.1, 0.15) is 23.1 Å². The molecule has 1 aliphatic heterocycles. The summed E-state index contributed by atoms with van der Waals surface area (Å²) in [6.45, 7) is 3.31. The second-order valence-electron chi connectivity index (χ2n) is 5.13. The van der Waals surface area contributed by atoms with Crippen LogP contribution in [0.3, 0.4) is 0 Å². The lowest BCUT2D eigenvalue weighted by atomic mass is 10.0. The molecule has 1 saturated heterocycles. The lowest BCUT2D eigenvalue weighted by Gasteiger charge is -2.29. The van der Waals surface area contributed by atoms with Crippen molar-refractivity contribution in [3.63, 3.8) is 0 Å². The SMILES string of the molecule is Cc1cc([C@H]2CN[C@@H](Cc3ccc(Cl)cc3)CO2)on1.Cl. The fourth-order valence-electron chi connectivity index (χ4n) is 2.38.